The SMILES string of the molecule is O=[N+]([O-])c1cccnc1CCBr. The number of alkyl halides is 1. The van der Waals surface area contributed by atoms with Crippen molar-refractivity contribution >= 4 is 21.6 Å². The molecule has 0 N–H and O–H groups in total. The summed E-state index contributed by atoms with van der Waals surface area (Å²) in [6, 6.07) is 3.03. The first kappa shape index (κ1) is 9.12. The van der Waals surface area contributed by atoms with E-state index in [1.165, 1.54) is 6.07 Å². The van der Waals surface area contributed by atoms with Gasteiger partial charge in [0, 0.05) is 24.0 Å². The normalized spacial score (nSPS) is 9.75. The van der Waals surface area contributed by atoms with Crippen LogP contribution in [0.15, 0.2) is 18.3 Å². The molecule has 12 heavy (non-hydrogen) atoms. The van der Waals surface area contributed by atoms with Crippen molar-refractivity contribution in [3.63, 3.8) is 0 Å². The molecular formula is C7H7BrN2O2. The molecule has 0 unspecified atom stereocenters. The minimum absolute atomic E-state index is 0.0944. The van der Waals surface area contributed by atoms with Crippen LogP contribution < -0.4 is 0 Å². The number of hydrogen-bond donors (Lipinski definition) is 0. The lowest BCUT2D eigenvalue weighted by Crippen LogP contribution is -1.98. The lowest BCUT2D eigenvalue weighted by atomic mass is 10.2. The van der Waals surface area contributed by atoms with Crippen molar-refractivity contribution in [2.24, 2.45) is 0 Å². The standard InChI is InChI=1S/C7H7BrN2O2/c8-4-3-6-7(10(11)12)2-1-5-9-6/h1-2,5H,3-4H2. The molecule has 1 aromatic heterocycles. The first-order chi connectivity index (χ1) is 5.75. The largest absolute Gasteiger partial charge is 0.290 e. The van der Waals surface area contributed by atoms with Crippen molar-refractivity contribution in [2.75, 3.05) is 5.33 Å². The van der Waals surface area contributed by atoms with E-state index >= 15 is 0 Å². The number of nitro groups is 1. The Morgan fingerprint density at radius 2 is 2.42 bits per heavy atom. The summed E-state index contributed by atoms with van der Waals surface area (Å²) >= 11 is 3.21. The van der Waals surface area contributed by atoms with Crippen molar-refractivity contribution in [2.45, 2.75) is 6.42 Å². The van der Waals surface area contributed by atoms with Crippen LogP contribution in [0.2, 0.25) is 0 Å². The number of nitrogens with zero attached hydrogens (tertiary/aromatic N) is 2. The summed E-state index contributed by atoms with van der Waals surface area (Å²) in [5, 5.41) is 11.1. The van der Waals surface area contributed by atoms with E-state index in [1.807, 2.05) is 0 Å². The fourth-order valence-electron chi connectivity index (χ4n) is 0.878. The van der Waals surface area contributed by atoms with E-state index in [2.05, 4.69) is 20.9 Å². The number of aryl methyl sites for hydroxylation is 1. The van der Waals surface area contributed by atoms with Crippen molar-refractivity contribution in [3.8, 4) is 0 Å². The van der Waals surface area contributed by atoms with Crippen LogP contribution in [0.1, 0.15) is 5.69 Å². The summed E-state index contributed by atoms with van der Waals surface area (Å²) in [5.41, 5.74) is 0.622. The van der Waals surface area contributed by atoms with Crippen LogP contribution in [-0.2, 0) is 6.42 Å². The van der Waals surface area contributed by atoms with E-state index in [0.29, 0.717) is 17.4 Å². The zero-order valence-electron chi connectivity index (χ0n) is 6.24. The Labute approximate surface area is 77.9 Å². The lowest BCUT2D eigenvalue weighted by Gasteiger charge is -1.97. The first-order valence-corrected chi connectivity index (χ1v) is 4.52. The van der Waals surface area contributed by atoms with Crippen molar-refractivity contribution < 1.29 is 4.92 Å². The molecule has 0 radical (unpaired) electrons. The molecule has 0 aliphatic heterocycles. The van der Waals surface area contributed by atoms with E-state index in [9.17, 15) is 10.1 Å². The van der Waals surface area contributed by atoms with Gasteiger partial charge >= 0.3 is 0 Å². The summed E-state index contributed by atoms with van der Waals surface area (Å²) in [6.07, 6.45) is 2.14. The minimum Gasteiger partial charge on any atom is -0.258 e. The van der Waals surface area contributed by atoms with Crippen molar-refractivity contribution in [3.05, 3.63) is 34.1 Å². The van der Waals surface area contributed by atoms with Gasteiger partial charge in [-0.1, -0.05) is 15.9 Å². The quantitative estimate of drug-likeness (QED) is 0.453. The van der Waals surface area contributed by atoms with Crippen LogP contribution in [-0.4, -0.2) is 15.2 Å². The lowest BCUT2D eigenvalue weighted by molar-refractivity contribution is -0.385. The molecule has 0 saturated heterocycles. The van der Waals surface area contributed by atoms with Crippen LogP contribution in [0.3, 0.4) is 0 Å². The van der Waals surface area contributed by atoms with Gasteiger partial charge in [0.25, 0.3) is 5.69 Å². The molecule has 0 bridgehead atoms. The molecule has 64 valence electrons. The summed E-state index contributed by atoms with van der Waals surface area (Å²) in [6.45, 7) is 0. The molecule has 0 saturated carbocycles. The van der Waals surface area contributed by atoms with Crippen LogP contribution >= 0.6 is 15.9 Å². The van der Waals surface area contributed by atoms with Gasteiger partial charge in [0.2, 0.25) is 0 Å². The summed E-state index contributed by atoms with van der Waals surface area (Å²) in [4.78, 5) is 14.0. The van der Waals surface area contributed by atoms with Crippen LogP contribution in [0.4, 0.5) is 5.69 Å². The molecule has 1 aromatic rings. The number of rotatable bonds is 3. The predicted molar refractivity (Wildman–Crippen MR) is 48.4 cm³/mol. The molecule has 0 fully saturated rings. The second kappa shape index (κ2) is 4.15. The van der Waals surface area contributed by atoms with Gasteiger partial charge in [-0.15, -0.1) is 0 Å². The highest BCUT2D eigenvalue weighted by Crippen LogP contribution is 2.15. The Morgan fingerprint density at radius 1 is 1.67 bits per heavy atom. The summed E-state index contributed by atoms with van der Waals surface area (Å²) in [5.74, 6) is 0. The molecular weight excluding hydrogens is 224 g/mol. The van der Waals surface area contributed by atoms with Crippen LogP contribution in [0.5, 0.6) is 0 Å². The van der Waals surface area contributed by atoms with E-state index in [4.69, 9.17) is 0 Å². The van der Waals surface area contributed by atoms with Gasteiger partial charge in [0.1, 0.15) is 5.69 Å². The van der Waals surface area contributed by atoms with Gasteiger partial charge in [-0.2, -0.15) is 0 Å². The molecule has 5 heteroatoms. The number of aromatic nitrogens is 1. The number of halogens is 1. The Balaban J connectivity index is 3.00. The second-order valence-electron chi connectivity index (χ2n) is 2.17. The highest BCUT2D eigenvalue weighted by Gasteiger charge is 2.12. The smallest absolute Gasteiger partial charge is 0.258 e. The molecule has 1 heterocycles. The average Bonchev–Trinajstić information content (AvgIpc) is 2.05. The zero-order chi connectivity index (χ0) is 8.97. The highest BCUT2D eigenvalue weighted by atomic mass is 79.9. The topological polar surface area (TPSA) is 56.0 Å². The predicted octanol–water partition coefficient (Wildman–Crippen LogP) is 1.93. The third-order valence-corrected chi connectivity index (χ3v) is 1.79. The van der Waals surface area contributed by atoms with E-state index in [0.717, 1.165) is 0 Å². The van der Waals surface area contributed by atoms with Gasteiger partial charge in [-0.3, -0.25) is 15.1 Å². The average molecular weight is 231 g/mol. The maximum Gasteiger partial charge on any atom is 0.290 e. The van der Waals surface area contributed by atoms with Gasteiger partial charge in [-0.05, 0) is 6.07 Å². The van der Waals surface area contributed by atoms with E-state index in [-0.39, 0.29) is 5.69 Å². The fourth-order valence-corrected chi connectivity index (χ4v) is 1.25. The zero-order valence-corrected chi connectivity index (χ0v) is 7.82. The molecule has 0 aliphatic carbocycles. The minimum atomic E-state index is -0.412. The molecule has 0 atom stereocenters. The molecule has 1 rings (SSSR count). The van der Waals surface area contributed by atoms with E-state index < -0.39 is 4.92 Å². The Bertz CT molecular complexity index is 290. The first-order valence-electron chi connectivity index (χ1n) is 3.40. The number of hydrogen-bond acceptors (Lipinski definition) is 3. The third-order valence-electron chi connectivity index (χ3n) is 1.39. The van der Waals surface area contributed by atoms with E-state index in [1.54, 1.807) is 12.3 Å². The van der Waals surface area contributed by atoms with Crippen molar-refractivity contribution in [1.82, 2.24) is 4.98 Å². The molecule has 0 aromatic carbocycles. The summed E-state index contributed by atoms with van der Waals surface area (Å²) < 4.78 is 0. The second-order valence-corrected chi connectivity index (χ2v) is 2.96. The Morgan fingerprint density at radius 3 is 3.00 bits per heavy atom. The fraction of sp³-hybridized carbons (Fsp3) is 0.286. The maximum atomic E-state index is 10.4. The van der Waals surface area contributed by atoms with Gasteiger partial charge in [0.15, 0.2) is 0 Å². The molecule has 0 spiro atoms. The van der Waals surface area contributed by atoms with Gasteiger partial charge < -0.3 is 0 Å². The molecule has 4 nitrogen and oxygen atoms in total. The number of pyridine rings is 1. The monoisotopic (exact) mass is 230 g/mol. The van der Waals surface area contributed by atoms with Gasteiger partial charge in [-0.25, -0.2) is 0 Å². The van der Waals surface area contributed by atoms with Crippen molar-refractivity contribution in [1.29, 1.82) is 0 Å². The van der Waals surface area contributed by atoms with Crippen LogP contribution in [0.25, 0.3) is 0 Å². The third kappa shape index (κ3) is 2.01. The van der Waals surface area contributed by atoms with Crippen LogP contribution in [0, 0.1) is 10.1 Å². The summed E-state index contributed by atoms with van der Waals surface area (Å²) in [7, 11) is 0. The highest BCUT2D eigenvalue weighted by molar-refractivity contribution is 9.09. The Hall–Kier alpha value is -0.970. The van der Waals surface area contributed by atoms with Gasteiger partial charge in [0.05, 0.1) is 4.92 Å². The molecule has 0 amide bonds. The molecule has 0 aliphatic rings. The maximum absolute atomic E-state index is 10.4. The Kier molecular flexibility index (Phi) is 3.16.